The van der Waals surface area contributed by atoms with Crippen LogP contribution in [0, 0.1) is 6.92 Å². The third kappa shape index (κ3) is 3.72. The Bertz CT molecular complexity index is 679. The number of amides is 1. The standard InChI is InChI=1S/C18H26N4O/c1-3-15-6-4-5-10-21(15)11-9-19-18(23)16-13-22-12-14(2)7-8-17(22)20-16/h7-8,12-13,15H,3-6,9-11H2,1-2H3,(H,19,23). The molecule has 1 fully saturated rings. The Morgan fingerprint density at radius 3 is 3.04 bits per heavy atom. The van der Waals surface area contributed by atoms with Crippen LogP contribution in [-0.2, 0) is 0 Å². The van der Waals surface area contributed by atoms with E-state index in [1.54, 1.807) is 6.20 Å². The highest BCUT2D eigenvalue weighted by Crippen LogP contribution is 2.18. The zero-order valence-corrected chi connectivity index (χ0v) is 14.1. The summed E-state index contributed by atoms with van der Waals surface area (Å²) in [6, 6.07) is 4.62. The number of fused-ring (bicyclic) bond motifs is 1. The Labute approximate surface area is 137 Å². The lowest BCUT2D eigenvalue weighted by molar-refractivity contribution is 0.0930. The number of aromatic nitrogens is 2. The second kappa shape index (κ2) is 7.13. The Hall–Kier alpha value is -1.88. The molecule has 0 saturated carbocycles. The van der Waals surface area contributed by atoms with E-state index in [0.29, 0.717) is 18.3 Å². The maximum absolute atomic E-state index is 12.3. The molecule has 0 radical (unpaired) electrons. The number of carbonyl (C=O) groups excluding carboxylic acids is 1. The topological polar surface area (TPSA) is 49.6 Å². The van der Waals surface area contributed by atoms with Crippen molar-refractivity contribution in [2.75, 3.05) is 19.6 Å². The number of nitrogens with one attached hydrogen (secondary N) is 1. The molecule has 3 heterocycles. The molecule has 5 nitrogen and oxygen atoms in total. The van der Waals surface area contributed by atoms with Gasteiger partial charge in [0.1, 0.15) is 11.3 Å². The molecule has 1 aliphatic rings. The number of rotatable bonds is 5. The first-order chi connectivity index (χ1) is 11.2. The highest BCUT2D eigenvalue weighted by atomic mass is 16.1. The molecule has 1 aliphatic heterocycles. The minimum atomic E-state index is -0.0867. The molecule has 124 valence electrons. The normalized spacial score (nSPS) is 19.1. The van der Waals surface area contributed by atoms with Crippen LogP contribution in [-0.4, -0.2) is 45.9 Å². The molecular weight excluding hydrogens is 288 g/mol. The van der Waals surface area contributed by atoms with Crippen LogP contribution >= 0.6 is 0 Å². The number of pyridine rings is 1. The van der Waals surface area contributed by atoms with Crippen LogP contribution in [0.5, 0.6) is 0 Å². The molecule has 0 aromatic carbocycles. The van der Waals surface area contributed by atoms with E-state index >= 15 is 0 Å². The quantitative estimate of drug-likeness (QED) is 0.923. The van der Waals surface area contributed by atoms with E-state index in [-0.39, 0.29) is 5.91 Å². The SMILES string of the molecule is CCC1CCCCN1CCNC(=O)c1cn2cc(C)ccc2n1. The van der Waals surface area contributed by atoms with E-state index in [1.807, 2.05) is 29.7 Å². The van der Waals surface area contributed by atoms with Gasteiger partial charge in [-0.1, -0.05) is 19.4 Å². The van der Waals surface area contributed by atoms with Gasteiger partial charge in [-0.3, -0.25) is 9.69 Å². The second-order valence-corrected chi connectivity index (χ2v) is 6.45. The summed E-state index contributed by atoms with van der Waals surface area (Å²) in [4.78, 5) is 19.2. The van der Waals surface area contributed by atoms with Crippen LogP contribution in [0.4, 0.5) is 0 Å². The van der Waals surface area contributed by atoms with Crippen molar-refractivity contribution in [1.29, 1.82) is 0 Å². The van der Waals surface area contributed by atoms with Crippen molar-refractivity contribution in [1.82, 2.24) is 19.6 Å². The average Bonchev–Trinajstić information content (AvgIpc) is 2.98. The molecule has 1 atom stereocenters. The summed E-state index contributed by atoms with van der Waals surface area (Å²) in [6.45, 7) is 7.04. The van der Waals surface area contributed by atoms with Gasteiger partial charge in [-0.25, -0.2) is 4.98 Å². The molecule has 1 saturated heterocycles. The third-order valence-corrected chi connectivity index (χ3v) is 4.74. The zero-order valence-electron chi connectivity index (χ0n) is 14.1. The molecule has 2 aromatic heterocycles. The molecule has 5 heteroatoms. The summed E-state index contributed by atoms with van der Waals surface area (Å²) in [5, 5.41) is 3.01. The van der Waals surface area contributed by atoms with Crippen LogP contribution in [0.3, 0.4) is 0 Å². The summed E-state index contributed by atoms with van der Waals surface area (Å²) in [7, 11) is 0. The summed E-state index contributed by atoms with van der Waals surface area (Å²) < 4.78 is 1.90. The van der Waals surface area contributed by atoms with Crippen LogP contribution in [0.25, 0.3) is 5.65 Å². The largest absolute Gasteiger partial charge is 0.349 e. The fourth-order valence-corrected chi connectivity index (χ4v) is 3.43. The fraction of sp³-hybridized carbons (Fsp3) is 0.556. The zero-order chi connectivity index (χ0) is 16.2. The van der Waals surface area contributed by atoms with Gasteiger partial charge in [-0.2, -0.15) is 0 Å². The smallest absolute Gasteiger partial charge is 0.271 e. The Morgan fingerprint density at radius 1 is 1.35 bits per heavy atom. The number of aryl methyl sites for hydroxylation is 1. The third-order valence-electron chi connectivity index (χ3n) is 4.74. The first kappa shape index (κ1) is 16.0. The highest BCUT2D eigenvalue weighted by molar-refractivity contribution is 5.92. The van der Waals surface area contributed by atoms with Gasteiger partial charge in [-0.05, 0) is 44.4 Å². The number of hydrogen-bond acceptors (Lipinski definition) is 3. The van der Waals surface area contributed by atoms with Crippen molar-refractivity contribution < 1.29 is 4.79 Å². The summed E-state index contributed by atoms with van der Waals surface area (Å²) in [5.74, 6) is -0.0867. The second-order valence-electron chi connectivity index (χ2n) is 6.45. The lowest BCUT2D eigenvalue weighted by Gasteiger charge is -2.35. The molecular formula is C18H26N4O. The average molecular weight is 314 g/mol. The number of imidazole rings is 1. The van der Waals surface area contributed by atoms with Crippen molar-refractivity contribution in [3.8, 4) is 0 Å². The maximum Gasteiger partial charge on any atom is 0.271 e. The lowest BCUT2D eigenvalue weighted by Crippen LogP contribution is -2.43. The van der Waals surface area contributed by atoms with Crippen molar-refractivity contribution >= 4 is 11.6 Å². The van der Waals surface area contributed by atoms with Gasteiger partial charge in [0, 0.05) is 31.5 Å². The molecule has 3 rings (SSSR count). The Kier molecular flexibility index (Phi) is 4.96. The molecule has 2 aromatic rings. The highest BCUT2D eigenvalue weighted by Gasteiger charge is 2.20. The lowest BCUT2D eigenvalue weighted by atomic mass is 10.0. The van der Waals surface area contributed by atoms with Gasteiger partial charge in [0.05, 0.1) is 0 Å². The summed E-state index contributed by atoms with van der Waals surface area (Å²) in [5.41, 5.74) is 2.45. The number of hydrogen-bond donors (Lipinski definition) is 1. The van der Waals surface area contributed by atoms with E-state index in [1.165, 1.54) is 25.7 Å². The van der Waals surface area contributed by atoms with E-state index in [9.17, 15) is 4.79 Å². The fourth-order valence-electron chi connectivity index (χ4n) is 3.43. The van der Waals surface area contributed by atoms with E-state index in [2.05, 4.69) is 22.1 Å². The first-order valence-electron chi connectivity index (χ1n) is 8.65. The first-order valence-corrected chi connectivity index (χ1v) is 8.65. The molecule has 1 unspecified atom stereocenters. The molecule has 1 amide bonds. The van der Waals surface area contributed by atoms with E-state index in [4.69, 9.17) is 0 Å². The van der Waals surface area contributed by atoms with Gasteiger partial charge in [-0.15, -0.1) is 0 Å². The van der Waals surface area contributed by atoms with Gasteiger partial charge in [0.15, 0.2) is 0 Å². The van der Waals surface area contributed by atoms with Gasteiger partial charge in [0.25, 0.3) is 5.91 Å². The number of nitrogens with zero attached hydrogens (tertiary/aromatic N) is 3. The van der Waals surface area contributed by atoms with E-state index < -0.39 is 0 Å². The Balaban J connectivity index is 1.56. The van der Waals surface area contributed by atoms with Crippen molar-refractivity contribution in [3.63, 3.8) is 0 Å². The molecule has 0 spiro atoms. The van der Waals surface area contributed by atoms with Crippen molar-refractivity contribution in [2.24, 2.45) is 0 Å². The van der Waals surface area contributed by atoms with Gasteiger partial charge >= 0.3 is 0 Å². The summed E-state index contributed by atoms with van der Waals surface area (Å²) in [6.07, 6.45) is 8.88. The van der Waals surface area contributed by atoms with Crippen LogP contribution in [0.1, 0.15) is 48.7 Å². The maximum atomic E-state index is 12.3. The number of piperidine rings is 1. The monoisotopic (exact) mass is 314 g/mol. The number of carbonyl (C=O) groups is 1. The predicted molar refractivity (Wildman–Crippen MR) is 91.8 cm³/mol. The minimum absolute atomic E-state index is 0.0867. The predicted octanol–water partition coefficient (Wildman–Crippen LogP) is 2.64. The van der Waals surface area contributed by atoms with Crippen LogP contribution in [0.15, 0.2) is 24.5 Å². The van der Waals surface area contributed by atoms with E-state index in [0.717, 1.165) is 24.3 Å². The Morgan fingerprint density at radius 2 is 2.22 bits per heavy atom. The van der Waals surface area contributed by atoms with Gasteiger partial charge < -0.3 is 9.72 Å². The summed E-state index contributed by atoms with van der Waals surface area (Å²) >= 11 is 0. The minimum Gasteiger partial charge on any atom is -0.349 e. The van der Waals surface area contributed by atoms with Gasteiger partial charge in [0.2, 0.25) is 0 Å². The molecule has 0 aliphatic carbocycles. The molecule has 0 bridgehead atoms. The van der Waals surface area contributed by atoms with Crippen molar-refractivity contribution in [3.05, 3.63) is 35.8 Å². The van der Waals surface area contributed by atoms with Crippen LogP contribution < -0.4 is 5.32 Å². The van der Waals surface area contributed by atoms with Crippen molar-refractivity contribution in [2.45, 2.75) is 45.6 Å². The van der Waals surface area contributed by atoms with Crippen LogP contribution in [0.2, 0.25) is 0 Å². The number of likely N-dealkylation sites (tertiary alicyclic amines) is 1. The molecule has 23 heavy (non-hydrogen) atoms. The molecule has 1 N–H and O–H groups in total.